The monoisotopic (exact) mass is 435 g/mol. The van der Waals surface area contributed by atoms with Crippen LogP contribution in [0, 0.1) is 23.3 Å². The van der Waals surface area contributed by atoms with Gasteiger partial charge >= 0.3 is 11.9 Å². The molecule has 0 aliphatic heterocycles. The Morgan fingerprint density at radius 2 is 1.00 bits per heavy atom. The molecule has 0 spiro atoms. The van der Waals surface area contributed by atoms with E-state index in [0.717, 1.165) is 33.2 Å². The van der Waals surface area contributed by atoms with Crippen LogP contribution in [0.4, 0.5) is 28.9 Å². The maximum Gasteiger partial charge on any atom is 0.341 e. The van der Waals surface area contributed by atoms with E-state index < -0.39 is 46.3 Å². The van der Waals surface area contributed by atoms with Gasteiger partial charge in [-0.05, 0) is 36.4 Å². The molecule has 0 aliphatic rings. The van der Waals surface area contributed by atoms with Gasteiger partial charge < -0.3 is 26.7 Å². The molecule has 11 heteroatoms. The zero-order chi connectivity index (χ0) is 23.0. The fourth-order valence-corrected chi connectivity index (χ4v) is 2.94. The number of rotatable bonds is 2. The number of nitrogens with one attached hydrogen (secondary N) is 1. The van der Waals surface area contributed by atoms with Crippen LogP contribution in [0.5, 0.6) is 0 Å². The Balaban J connectivity index is 0.000000176. The van der Waals surface area contributed by atoms with Crippen LogP contribution in [-0.2, 0) is 0 Å². The highest BCUT2D eigenvalue weighted by Gasteiger charge is 2.32. The Kier molecular flexibility index (Phi) is 5.43. The number of nitrogens with two attached hydrogens (primary N) is 2. The molecule has 1 aromatic heterocycles. The smallest absolute Gasteiger partial charge is 0.341 e. The van der Waals surface area contributed by atoms with Crippen molar-refractivity contribution < 1.29 is 37.4 Å². The first kappa shape index (κ1) is 21.4. The van der Waals surface area contributed by atoms with Gasteiger partial charge in [0, 0.05) is 33.2 Å². The van der Waals surface area contributed by atoms with E-state index in [9.17, 15) is 27.2 Å². The highest BCUT2D eigenvalue weighted by atomic mass is 19.2. The molecule has 1 heterocycles. The summed E-state index contributed by atoms with van der Waals surface area (Å²) in [5, 5.41) is 18.8. The number of hydrogen-bond acceptors (Lipinski definition) is 4. The summed E-state index contributed by atoms with van der Waals surface area (Å²) < 4.78 is 51.6. The molecule has 0 unspecified atom stereocenters. The third-order valence-electron chi connectivity index (χ3n) is 4.34. The van der Waals surface area contributed by atoms with E-state index in [-0.39, 0.29) is 0 Å². The first-order chi connectivity index (χ1) is 14.5. The van der Waals surface area contributed by atoms with Crippen molar-refractivity contribution in [1.29, 1.82) is 0 Å². The molecule has 3 aromatic carbocycles. The summed E-state index contributed by atoms with van der Waals surface area (Å²) in [5.41, 5.74) is 11.5. The number of carboxylic acids is 2. The van der Waals surface area contributed by atoms with Crippen LogP contribution in [0.3, 0.4) is 0 Å². The van der Waals surface area contributed by atoms with Gasteiger partial charge in [0.1, 0.15) is 11.1 Å². The molecule has 31 heavy (non-hydrogen) atoms. The first-order valence-electron chi connectivity index (χ1n) is 8.41. The summed E-state index contributed by atoms with van der Waals surface area (Å²) in [5.74, 6) is -13.5. The molecule has 0 bridgehead atoms. The van der Waals surface area contributed by atoms with Crippen molar-refractivity contribution in [3.05, 3.63) is 70.8 Å². The maximum atomic E-state index is 12.9. The summed E-state index contributed by atoms with van der Waals surface area (Å²) >= 11 is 0. The van der Waals surface area contributed by atoms with Crippen LogP contribution < -0.4 is 11.5 Å². The van der Waals surface area contributed by atoms with Crippen LogP contribution in [0.2, 0.25) is 0 Å². The lowest BCUT2D eigenvalue weighted by Crippen LogP contribution is -2.15. The van der Waals surface area contributed by atoms with E-state index in [2.05, 4.69) is 4.98 Å². The fourth-order valence-electron chi connectivity index (χ4n) is 2.94. The first-order valence-corrected chi connectivity index (χ1v) is 8.41. The normalized spacial score (nSPS) is 10.7. The highest BCUT2D eigenvalue weighted by Crippen LogP contribution is 2.28. The number of halogens is 4. The average Bonchev–Trinajstić information content (AvgIpc) is 3.04. The molecule has 0 atom stereocenters. The number of anilines is 2. The van der Waals surface area contributed by atoms with Crippen molar-refractivity contribution in [2.75, 3.05) is 11.5 Å². The van der Waals surface area contributed by atoms with E-state index >= 15 is 0 Å². The van der Waals surface area contributed by atoms with Crippen molar-refractivity contribution in [2.45, 2.75) is 0 Å². The van der Waals surface area contributed by atoms with E-state index in [1.54, 1.807) is 0 Å². The topological polar surface area (TPSA) is 142 Å². The molecule has 0 saturated carbocycles. The molecule has 4 rings (SSSR count). The molecule has 7 nitrogen and oxygen atoms in total. The molecular formula is C20H13F4N3O4. The number of carboxylic acid groups (broad SMARTS) is 2. The summed E-state index contributed by atoms with van der Waals surface area (Å²) in [6.07, 6.45) is 0. The molecule has 0 radical (unpaired) electrons. The number of nitrogen functional groups attached to an aromatic ring is 2. The number of aromatic nitrogens is 1. The second kappa shape index (κ2) is 7.86. The average molecular weight is 435 g/mol. The lowest BCUT2D eigenvalue weighted by atomic mass is 10.1. The Morgan fingerprint density at radius 1 is 0.677 bits per heavy atom. The van der Waals surface area contributed by atoms with Crippen molar-refractivity contribution in [1.82, 2.24) is 4.98 Å². The summed E-state index contributed by atoms with van der Waals surface area (Å²) in [6, 6.07) is 11.7. The van der Waals surface area contributed by atoms with Crippen LogP contribution >= 0.6 is 0 Å². The van der Waals surface area contributed by atoms with Crippen LogP contribution in [0.15, 0.2) is 36.4 Å². The number of aromatic amines is 1. The largest absolute Gasteiger partial charge is 0.477 e. The van der Waals surface area contributed by atoms with E-state index in [1.807, 2.05) is 36.4 Å². The van der Waals surface area contributed by atoms with E-state index in [4.69, 9.17) is 21.7 Å². The number of H-pyrrole nitrogens is 1. The molecule has 0 aliphatic carbocycles. The van der Waals surface area contributed by atoms with Gasteiger partial charge in [0.15, 0.2) is 23.3 Å². The molecule has 4 aromatic rings. The van der Waals surface area contributed by atoms with Gasteiger partial charge in [-0.15, -0.1) is 0 Å². The molecule has 7 N–H and O–H groups in total. The molecule has 0 fully saturated rings. The van der Waals surface area contributed by atoms with Crippen molar-refractivity contribution in [3.63, 3.8) is 0 Å². The number of fused-ring (bicyclic) bond motifs is 3. The second-order valence-electron chi connectivity index (χ2n) is 6.35. The number of carbonyl (C=O) groups is 2. The van der Waals surface area contributed by atoms with E-state index in [1.165, 1.54) is 0 Å². The Morgan fingerprint density at radius 3 is 1.29 bits per heavy atom. The van der Waals surface area contributed by atoms with Gasteiger partial charge in [0.05, 0.1) is 0 Å². The molecule has 0 amide bonds. The summed E-state index contributed by atoms with van der Waals surface area (Å²) in [7, 11) is 0. The van der Waals surface area contributed by atoms with Crippen molar-refractivity contribution in [2.24, 2.45) is 0 Å². The lowest BCUT2D eigenvalue weighted by molar-refractivity contribution is 0.0658. The van der Waals surface area contributed by atoms with Crippen LogP contribution in [-0.4, -0.2) is 27.1 Å². The second-order valence-corrected chi connectivity index (χ2v) is 6.35. The predicted molar refractivity (Wildman–Crippen MR) is 105 cm³/mol. The maximum absolute atomic E-state index is 12.9. The SMILES string of the molecule is Nc1ccc2[nH]c3ccc(N)cc3c2c1.O=C(O)c1c(F)c(F)c(C(=O)O)c(F)c1F. The highest BCUT2D eigenvalue weighted by molar-refractivity contribution is 6.09. The van der Waals surface area contributed by atoms with Gasteiger partial charge in [0.25, 0.3) is 0 Å². The van der Waals surface area contributed by atoms with E-state index in [0.29, 0.717) is 0 Å². The van der Waals surface area contributed by atoms with Gasteiger partial charge in [-0.2, -0.15) is 0 Å². The van der Waals surface area contributed by atoms with Gasteiger partial charge in [0.2, 0.25) is 0 Å². The van der Waals surface area contributed by atoms with Crippen molar-refractivity contribution >= 4 is 45.1 Å². The third kappa shape index (κ3) is 3.80. The minimum atomic E-state index is -2.26. The van der Waals surface area contributed by atoms with Crippen LogP contribution in [0.25, 0.3) is 21.8 Å². The van der Waals surface area contributed by atoms with Gasteiger partial charge in [-0.1, -0.05) is 0 Å². The predicted octanol–water partition coefficient (Wildman–Crippen LogP) is 4.12. The number of benzene rings is 3. The summed E-state index contributed by atoms with van der Waals surface area (Å²) in [4.78, 5) is 23.9. The number of hydrogen-bond donors (Lipinski definition) is 5. The quantitative estimate of drug-likeness (QED) is 0.182. The Hall–Kier alpha value is -4.28. The van der Waals surface area contributed by atoms with Gasteiger partial charge in [-0.25, -0.2) is 27.2 Å². The zero-order valence-electron chi connectivity index (χ0n) is 15.3. The third-order valence-corrected chi connectivity index (χ3v) is 4.34. The Labute approximate surface area is 170 Å². The summed E-state index contributed by atoms with van der Waals surface area (Å²) in [6.45, 7) is 0. The minimum Gasteiger partial charge on any atom is -0.477 e. The molecule has 160 valence electrons. The van der Waals surface area contributed by atoms with Crippen LogP contribution in [0.1, 0.15) is 20.7 Å². The standard InChI is InChI=1S/C12H11N3.C8H2F4O4/c13-7-1-3-11-9(5-7)10-6-8(14)2-4-12(10)15-11;9-3-1(7(13)14)4(10)6(12)2(5(3)11)8(15)16/h1-6,15H,13-14H2;(H,13,14)(H,15,16). The van der Waals surface area contributed by atoms with Crippen molar-refractivity contribution in [3.8, 4) is 0 Å². The fraction of sp³-hybridized carbons (Fsp3) is 0. The number of aromatic carboxylic acids is 2. The molecule has 0 saturated heterocycles. The minimum absolute atomic E-state index is 0.769. The molecular weight excluding hydrogens is 422 g/mol. The zero-order valence-corrected chi connectivity index (χ0v) is 15.3. The van der Waals surface area contributed by atoms with Gasteiger partial charge in [-0.3, -0.25) is 0 Å². The lowest BCUT2D eigenvalue weighted by Gasteiger charge is -2.05. The Bertz CT molecular complexity index is 1240.